The lowest BCUT2D eigenvalue weighted by molar-refractivity contribution is 1.04. The zero-order valence-corrected chi connectivity index (χ0v) is 7.73. The lowest BCUT2D eigenvalue weighted by atomic mass is 10.4. The molecule has 66 valence electrons. The van der Waals surface area contributed by atoms with Crippen molar-refractivity contribution in [1.82, 2.24) is 14.4 Å². The third kappa shape index (κ3) is 1.10. The van der Waals surface area contributed by atoms with Crippen LogP contribution in [0.4, 0.5) is 0 Å². The molecule has 0 aliphatic heterocycles. The molecule has 0 bridgehead atoms. The van der Waals surface area contributed by atoms with Gasteiger partial charge in [0.1, 0.15) is 12.1 Å². The quantitative estimate of drug-likeness (QED) is 0.638. The van der Waals surface area contributed by atoms with Gasteiger partial charge in [-0.3, -0.25) is 4.40 Å². The summed E-state index contributed by atoms with van der Waals surface area (Å²) in [5, 5.41) is 17.5. The summed E-state index contributed by atoms with van der Waals surface area (Å²) in [4.78, 5) is 8.42. The zero-order valence-electron chi connectivity index (χ0n) is 6.84. The average Bonchev–Trinajstić information content (AvgIpc) is 2.54. The van der Waals surface area contributed by atoms with Crippen molar-refractivity contribution in [2.75, 3.05) is 0 Å². The normalized spacial score (nSPS) is 9.64. The molecule has 0 N–H and O–H groups in total. The van der Waals surface area contributed by atoms with E-state index in [-0.39, 0.29) is 11.4 Å². The molecule has 0 aliphatic carbocycles. The maximum atomic E-state index is 8.81. The second-order valence-electron chi connectivity index (χ2n) is 2.51. The topological polar surface area (TPSA) is 77.8 Å². The Hall–Kier alpha value is -2.05. The average molecular weight is 201 g/mol. The van der Waals surface area contributed by atoms with Crippen LogP contribution in [0.5, 0.6) is 0 Å². The molecule has 0 saturated carbocycles. The maximum absolute atomic E-state index is 8.81. The summed E-state index contributed by atoms with van der Waals surface area (Å²) in [6, 6.07) is 3.74. The number of imidazole rings is 1. The first kappa shape index (κ1) is 8.54. The Kier molecular flexibility index (Phi) is 1.84. The van der Waals surface area contributed by atoms with E-state index in [0.29, 0.717) is 10.7 Å². The molecule has 6 heteroatoms. The standard InChI is InChI=1S/C8H3N5S/c9-1-6-7(2-10)13-4-5(14)3-11-8(13)12-6/h3-4,14H. The number of thiol groups is 1. The van der Waals surface area contributed by atoms with Crippen molar-refractivity contribution in [3.05, 3.63) is 23.8 Å². The van der Waals surface area contributed by atoms with Crippen molar-refractivity contribution in [3.63, 3.8) is 0 Å². The molecule has 0 fully saturated rings. The molecule has 0 unspecified atom stereocenters. The van der Waals surface area contributed by atoms with Crippen LogP contribution in [-0.2, 0) is 0 Å². The first-order valence-corrected chi connectivity index (χ1v) is 4.08. The maximum Gasteiger partial charge on any atom is 0.236 e. The van der Waals surface area contributed by atoms with Gasteiger partial charge in [-0.15, -0.1) is 12.6 Å². The molecule has 0 amide bonds. The fourth-order valence-electron chi connectivity index (χ4n) is 1.11. The smallest absolute Gasteiger partial charge is 0.236 e. The molecule has 0 saturated heterocycles. The number of rotatable bonds is 0. The summed E-state index contributed by atoms with van der Waals surface area (Å²) in [6.45, 7) is 0. The van der Waals surface area contributed by atoms with E-state index in [4.69, 9.17) is 10.5 Å². The Morgan fingerprint density at radius 1 is 1.36 bits per heavy atom. The van der Waals surface area contributed by atoms with Crippen LogP contribution in [0, 0.1) is 22.7 Å². The number of hydrogen-bond acceptors (Lipinski definition) is 5. The highest BCUT2D eigenvalue weighted by molar-refractivity contribution is 7.80. The number of nitrogens with zero attached hydrogens (tertiary/aromatic N) is 5. The molecular formula is C8H3N5S. The highest BCUT2D eigenvalue weighted by atomic mass is 32.1. The Balaban J connectivity index is 2.92. The van der Waals surface area contributed by atoms with Gasteiger partial charge >= 0.3 is 0 Å². The van der Waals surface area contributed by atoms with E-state index < -0.39 is 0 Å². The fraction of sp³-hybridized carbons (Fsp3) is 0. The van der Waals surface area contributed by atoms with Crippen LogP contribution < -0.4 is 0 Å². The van der Waals surface area contributed by atoms with E-state index in [1.807, 2.05) is 12.1 Å². The molecule has 5 nitrogen and oxygen atoms in total. The van der Waals surface area contributed by atoms with Gasteiger partial charge in [-0.1, -0.05) is 0 Å². The van der Waals surface area contributed by atoms with Crippen LogP contribution in [0.25, 0.3) is 5.78 Å². The van der Waals surface area contributed by atoms with Gasteiger partial charge in [-0.05, 0) is 0 Å². The van der Waals surface area contributed by atoms with Crippen LogP contribution in [0.15, 0.2) is 17.3 Å². The van der Waals surface area contributed by atoms with Crippen molar-refractivity contribution < 1.29 is 0 Å². The molecule has 14 heavy (non-hydrogen) atoms. The van der Waals surface area contributed by atoms with Gasteiger partial charge in [-0.2, -0.15) is 15.5 Å². The zero-order chi connectivity index (χ0) is 10.1. The minimum atomic E-state index is 0.0823. The van der Waals surface area contributed by atoms with Crippen molar-refractivity contribution >= 4 is 18.4 Å². The van der Waals surface area contributed by atoms with Gasteiger partial charge in [0.25, 0.3) is 0 Å². The highest BCUT2D eigenvalue weighted by Crippen LogP contribution is 2.11. The molecule has 0 radical (unpaired) electrons. The van der Waals surface area contributed by atoms with E-state index in [0.717, 1.165) is 0 Å². The molecular weight excluding hydrogens is 198 g/mol. The predicted octanol–water partition coefficient (Wildman–Crippen LogP) is 0.761. The van der Waals surface area contributed by atoms with Crippen LogP contribution in [0.1, 0.15) is 11.4 Å². The Morgan fingerprint density at radius 2 is 2.14 bits per heavy atom. The Labute approximate surface area is 84.7 Å². The van der Waals surface area contributed by atoms with Crippen molar-refractivity contribution in [1.29, 1.82) is 10.5 Å². The minimum absolute atomic E-state index is 0.0823. The van der Waals surface area contributed by atoms with Crippen LogP contribution >= 0.6 is 12.6 Å². The van der Waals surface area contributed by atoms with E-state index in [1.54, 1.807) is 6.20 Å². The van der Waals surface area contributed by atoms with E-state index in [1.165, 1.54) is 10.6 Å². The van der Waals surface area contributed by atoms with E-state index >= 15 is 0 Å². The van der Waals surface area contributed by atoms with Crippen LogP contribution in [0.2, 0.25) is 0 Å². The molecule has 0 aromatic carbocycles. The van der Waals surface area contributed by atoms with Gasteiger partial charge in [0.05, 0.1) is 0 Å². The molecule has 0 spiro atoms. The predicted molar refractivity (Wildman–Crippen MR) is 49.7 cm³/mol. The lowest BCUT2D eigenvalue weighted by Gasteiger charge is -1.93. The first-order valence-electron chi connectivity index (χ1n) is 3.63. The Bertz CT molecular complexity index is 586. The third-order valence-electron chi connectivity index (χ3n) is 1.68. The minimum Gasteiger partial charge on any atom is -0.273 e. The molecule has 0 atom stereocenters. The molecule has 0 aliphatic rings. The number of aromatic nitrogens is 3. The summed E-state index contributed by atoms with van der Waals surface area (Å²) in [5.74, 6) is 0.330. The van der Waals surface area contributed by atoms with Crippen molar-refractivity contribution in [2.24, 2.45) is 0 Å². The summed E-state index contributed by atoms with van der Waals surface area (Å²) < 4.78 is 1.45. The second kappa shape index (κ2) is 3.02. The third-order valence-corrected chi connectivity index (χ3v) is 1.91. The number of nitriles is 2. The molecule has 2 rings (SSSR count). The van der Waals surface area contributed by atoms with Gasteiger partial charge in [-0.25, -0.2) is 4.98 Å². The van der Waals surface area contributed by atoms with Gasteiger partial charge < -0.3 is 0 Å². The Morgan fingerprint density at radius 3 is 2.79 bits per heavy atom. The van der Waals surface area contributed by atoms with E-state index in [2.05, 4.69) is 22.6 Å². The SMILES string of the molecule is N#Cc1nc2ncc(S)cn2c1C#N. The van der Waals surface area contributed by atoms with Crippen molar-refractivity contribution in [3.8, 4) is 12.1 Å². The largest absolute Gasteiger partial charge is 0.273 e. The van der Waals surface area contributed by atoms with E-state index in [9.17, 15) is 0 Å². The summed E-state index contributed by atoms with van der Waals surface area (Å²) in [7, 11) is 0. The molecule has 2 aromatic heterocycles. The fourth-order valence-corrected chi connectivity index (χ4v) is 1.28. The van der Waals surface area contributed by atoms with Gasteiger partial charge in [0.15, 0.2) is 11.4 Å². The summed E-state index contributed by atoms with van der Waals surface area (Å²) in [5.41, 5.74) is 0.268. The highest BCUT2D eigenvalue weighted by Gasteiger charge is 2.11. The number of hydrogen-bond donors (Lipinski definition) is 1. The van der Waals surface area contributed by atoms with Crippen LogP contribution in [0.3, 0.4) is 0 Å². The van der Waals surface area contributed by atoms with Crippen molar-refractivity contribution in [2.45, 2.75) is 4.90 Å². The van der Waals surface area contributed by atoms with Gasteiger partial charge in [0.2, 0.25) is 5.78 Å². The molecule has 2 heterocycles. The summed E-state index contributed by atoms with van der Waals surface area (Å²) in [6.07, 6.45) is 3.10. The summed E-state index contributed by atoms with van der Waals surface area (Å²) >= 11 is 4.08. The molecule has 2 aromatic rings. The lowest BCUT2D eigenvalue weighted by Crippen LogP contribution is -1.91. The first-order chi connectivity index (χ1) is 6.76. The van der Waals surface area contributed by atoms with Crippen LogP contribution in [-0.4, -0.2) is 14.4 Å². The number of fused-ring (bicyclic) bond motifs is 1. The van der Waals surface area contributed by atoms with Gasteiger partial charge in [0, 0.05) is 17.3 Å². The second-order valence-corrected chi connectivity index (χ2v) is 3.03. The monoisotopic (exact) mass is 201 g/mol.